The normalized spacial score (nSPS) is 21.9. The highest BCUT2D eigenvalue weighted by atomic mass is 32.1. The Morgan fingerprint density at radius 2 is 2.09 bits per heavy atom. The number of nitrogens with zero attached hydrogens (tertiary/aromatic N) is 4. The van der Waals surface area contributed by atoms with Gasteiger partial charge in [0.2, 0.25) is 0 Å². The van der Waals surface area contributed by atoms with Crippen molar-refractivity contribution in [1.82, 2.24) is 19.9 Å². The number of carbonyl (C=O) groups is 1. The van der Waals surface area contributed by atoms with Crippen molar-refractivity contribution >= 4 is 17.2 Å². The summed E-state index contributed by atoms with van der Waals surface area (Å²) in [5, 5.41) is 0.676. The molecule has 2 atom stereocenters. The van der Waals surface area contributed by atoms with E-state index < -0.39 is 0 Å². The molecule has 1 aliphatic rings. The number of aryl methyl sites for hydroxylation is 1. The van der Waals surface area contributed by atoms with Crippen LogP contribution in [0.4, 0.5) is 0 Å². The van der Waals surface area contributed by atoms with Crippen molar-refractivity contribution in [2.24, 2.45) is 0 Å². The van der Waals surface area contributed by atoms with E-state index in [0.717, 1.165) is 5.69 Å². The van der Waals surface area contributed by atoms with Crippen molar-refractivity contribution in [2.45, 2.75) is 32.9 Å². The lowest BCUT2D eigenvalue weighted by atomic mass is 10.2. The standard InChI is InChI=1S/C15H18N4O2S/c1-9-8-21-10(2)7-19(9)15(20)12-11(3)18-14(22-12)13-16-5-4-6-17-13/h4-6,9-10H,7-8H2,1-3H3/t9-,10-/m1/s1. The minimum Gasteiger partial charge on any atom is -0.375 e. The monoisotopic (exact) mass is 318 g/mol. The quantitative estimate of drug-likeness (QED) is 0.849. The predicted octanol–water partition coefficient (Wildman–Crippen LogP) is 2.16. The number of thiazole rings is 1. The number of hydrogen-bond acceptors (Lipinski definition) is 6. The summed E-state index contributed by atoms with van der Waals surface area (Å²) in [4.78, 5) is 28.2. The van der Waals surface area contributed by atoms with Gasteiger partial charge in [-0.05, 0) is 26.8 Å². The van der Waals surface area contributed by atoms with E-state index in [1.807, 2.05) is 25.7 Å². The van der Waals surface area contributed by atoms with Crippen LogP contribution in [-0.2, 0) is 4.74 Å². The molecule has 2 aromatic rings. The van der Waals surface area contributed by atoms with Crippen LogP contribution < -0.4 is 0 Å². The minimum absolute atomic E-state index is 0.0137. The van der Waals surface area contributed by atoms with E-state index in [4.69, 9.17) is 4.74 Å². The Balaban J connectivity index is 1.88. The second kappa shape index (κ2) is 6.10. The fourth-order valence-corrected chi connectivity index (χ4v) is 3.39. The van der Waals surface area contributed by atoms with Gasteiger partial charge in [-0.25, -0.2) is 15.0 Å². The molecular formula is C15H18N4O2S. The van der Waals surface area contributed by atoms with Crippen LogP contribution in [-0.4, -0.2) is 51.1 Å². The molecular weight excluding hydrogens is 300 g/mol. The maximum absolute atomic E-state index is 12.8. The van der Waals surface area contributed by atoms with Crippen molar-refractivity contribution in [1.29, 1.82) is 0 Å². The highest BCUT2D eigenvalue weighted by Gasteiger charge is 2.30. The van der Waals surface area contributed by atoms with Crippen LogP contribution in [0.25, 0.3) is 10.8 Å². The molecule has 0 saturated carbocycles. The largest absolute Gasteiger partial charge is 0.375 e. The summed E-state index contributed by atoms with van der Waals surface area (Å²) in [5.74, 6) is 0.567. The van der Waals surface area contributed by atoms with Crippen molar-refractivity contribution in [3.63, 3.8) is 0 Å². The predicted molar refractivity (Wildman–Crippen MR) is 83.8 cm³/mol. The van der Waals surface area contributed by atoms with E-state index in [1.54, 1.807) is 18.5 Å². The number of aromatic nitrogens is 3. The first-order valence-corrected chi connectivity index (χ1v) is 8.05. The number of rotatable bonds is 2. The third-order valence-electron chi connectivity index (χ3n) is 3.62. The molecule has 2 aromatic heterocycles. The van der Waals surface area contributed by atoms with E-state index in [-0.39, 0.29) is 18.1 Å². The highest BCUT2D eigenvalue weighted by Crippen LogP contribution is 2.27. The lowest BCUT2D eigenvalue weighted by molar-refractivity contribution is -0.0385. The molecule has 6 nitrogen and oxygen atoms in total. The van der Waals surface area contributed by atoms with Crippen LogP contribution in [0.1, 0.15) is 29.2 Å². The Kier molecular flexibility index (Phi) is 4.17. The van der Waals surface area contributed by atoms with Gasteiger partial charge in [0.25, 0.3) is 5.91 Å². The first-order valence-electron chi connectivity index (χ1n) is 7.23. The molecule has 0 radical (unpaired) electrons. The first-order chi connectivity index (χ1) is 10.6. The Hall–Kier alpha value is -1.86. The number of amides is 1. The molecule has 0 unspecified atom stereocenters. The van der Waals surface area contributed by atoms with Crippen LogP contribution >= 0.6 is 11.3 Å². The van der Waals surface area contributed by atoms with Crippen molar-refractivity contribution in [2.75, 3.05) is 13.2 Å². The fourth-order valence-electron chi connectivity index (χ4n) is 2.42. The lowest BCUT2D eigenvalue weighted by Gasteiger charge is -2.36. The van der Waals surface area contributed by atoms with Crippen LogP contribution in [0.5, 0.6) is 0 Å². The van der Waals surface area contributed by atoms with Gasteiger partial charge in [0.15, 0.2) is 10.8 Å². The molecule has 0 N–H and O–H groups in total. The maximum atomic E-state index is 12.8. The third-order valence-corrected chi connectivity index (χ3v) is 4.76. The molecule has 1 amide bonds. The molecule has 0 aromatic carbocycles. The van der Waals surface area contributed by atoms with Gasteiger partial charge in [-0.2, -0.15) is 0 Å². The molecule has 116 valence electrons. The van der Waals surface area contributed by atoms with Gasteiger partial charge in [-0.15, -0.1) is 11.3 Å². The van der Waals surface area contributed by atoms with Crippen LogP contribution in [0.2, 0.25) is 0 Å². The Morgan fingerprint density at radius 3 is 2.82 bits per heavy atom. The van der Waals surface area contributed by atoms with E-state index in [0.29, 0.717) is 28.9 Å². The van der Waals surface area contributed by atoms with Gasteiger partial charge in [-0.3, -0.25) is 4.79 Å². The Bertz CT molecular complexity index is 673. The average Bonchev–Trinajstić information content (AvgIpc) is 2.92. The zero-order valence-electron chi connectivity index (χ0n) is 12.8. The molecule has 1 aliphatic heterocycles. The smallest absolute Gasteiger partial charge is 0.266 e. The summed E-state index contributed by atoms with van der Waals surface area (Å²) >= 11 is 1.35. The molecule has 3 heterocycles. The van der Waals surface area contributed by atoms with Crippen molar-refractivity contribution in [3.05, 3.63) is 29.0 Å². The van der Waals surface area contributed by atoms with Gasteiger partial charge in [0.05, 0.1) is 24.4 Å². The SMILES string of the molecule is Cc1nc(-c2ncccn2)sc1C(=O)N1C[C@@H](C)OC[C@H]1C. The zero-order valence-corrected chi connectivity index (χ0v) is 13.6. The van der Waals surface area contributed by atoms with E-state index in [9.17, 15) is 4.79 Å². The van der Waals surface area contributed by atoms with E-state index in [2.05, 4.69) is 15.0 Å². The second-order valence-corrected chi connectivity index (χ2v) is 6.46. The van der Waals surface area contributed by atoms with Crippen molar-refractivity contribution < 1.29 is 9.53 Å². The van der Waals surface area contributed by atoms with E-state index >= 15 is 0 Å². The molecule has 22 heavy (non-hydrogen) atoms. The lowest BCUT2D eigenvalue weighted by Crippen LogP contribution is -2.50. The van der Waals surface area contributed by atoms with Gasteiger partial charge in [-0.1, -0.05) is 0 Å². The number of carbonyl (C=O) groups excluding carboxylic acids is 1. The zero-order chi connectivity index (χ0) is 15.7. The fraction of sp³-hybridized carbons (Fsp3) is 0.467. The topological polar surface area (TPSA) is 68.2 Å². The van der Waals surface area contributed by atoms with E-state index in [1.165, 1.54) is 11.3 Å². The summed E-state index contributed by atoms with van der Waals surface area (Å²) < 4.78 is 5.59. The van der Waals surface area contributed by atoms with Crippen LogP contribution in [0.3, 0.4) is 0 Å². The summed E-state index contributed by atoms with van der Waals surface area (Å²) in [5.41, 5.74) is 0.726. The molecule has 3 rings (SSSR count). The number of morpholine rings is 1. The Morgan fingerprint density at radius 1 is 1.36 bits per heavy atom. The maximum Gasteiger partial charge on any atom is 0.266 e. The summed E-state index contributed by atoms with van der Waals surface area (Å²) in [6.45, 7) is 7.01. The summed E-state index contributed by atoms with van der Waals surface area (Å²) in [7, 11) is 0. The molecule has 1 fully saturated rings. The highest BCUT2D eigenvalue weighted by molar-refractivity contribution is 7.17. The van der Waals surface area contributed by atoms with Crippen LogP contribution in [0, 0.1) is 6.92 Å². The first kappa shape index (κ1) is 15.1. The van der Waals surface area contributed by atoms with Gasteiger partial charge in [0.1, 0.15) is 4.88 Å². The minimum atomic E-state index is 0.0137. The molecule has 1 saturated heterocycles. The molecule has 7 heteroatoms. The second-order valence-electron chi connectivity index (χ2n) is 5.46. The van der Waals surface area contributed by atoms with Gasteiger partial charge >= 0.3 is 0 Å². The van der Waals surface area contributed by atoms with Gasteiger partial charge in [0, 0.05) is 18.9 Å². The molecule has 0 bridgehead atoms. The number of ether oxygens (including phenoxy) is 1. The summed E-state index contributed by atoms with van der Waals surface area (Å²) in [6.07, 6.45) is 3.41. The van der Waals surface area contributed by atoms with Crippen LogP contribution in [0.15, 0.2) is 18.5 Å². The third kappa shape index (κ3) is 2.86. The van der Waals surface area contributed by atoms with Gasteiger partial charge < -0.3 is 9.64 Å². The summed E-state index contributed by atoms with van der Waals surface area (Å²) in [6, 6.07) is 1.83. The molecule has 0 aliphatic carbocycles. The molecule has 0 spiro atoms. The van der Waals surface area contributed by atoms with Crippen molar-refractivity contribution in [3.8, 4) is 10.8 Å². The average molecular weight is 318 g/mol. The number of hydrogen-bond donors (Lipinski definition) is 0. The Labute approximate surface area is 133 Å².